The van der Waals surface area contributed by atoms with E-state index in [0.717, 1.165) is 17.5 Å². The fraction of sp³-hybridized carbons (Fsp3) is 0.200. The standard InChI is InChI=1S/C20H22N2O2/c1-2-14-21-20(24)18-11-8-17(9-12-18)15-22-19(23)13-10-16-6-4-3-5-7-16/h2-9,11-12H,1,10,13-15H2,(H,21,24)(H,22,23). The average molecular weight is 322 g/mol. The van der Waals surface area contributed by atoms with E-state index >= 15 is 0 Å². The number of amides is 2. The van der Waals surface area contributed by atoms with Crippen LogP contribution in [0, 0.1) is 0 Å². The van der Waals surface area contributed by atoms with Gasteiger partial charge in [-0.15, -0.1) is 6.58 Å². The summed E-state index contributed by atoms with van der Waals surface area (Å²) < 4.78 is 0. The number of nitrogens with one attached hydrogen (secondary N) is 2. The molecule has 2 aromatic carbocycles. The maximum Gasteiger partial charge on any atom is 0.251 e. The zero-order valence-corrected chi connectivity index (χ0v) is 13.6. The van der Waals surface area contributed by atoms with Crippen LogP contribution in [-0.4, -0.2) is 18.4 Å². The Morgan fingerprint density at radius 3 is 2.29 bits per heavy atom. The van der Waals surface area contributed by atoms with Gasteiger partial charge in [-0.25, -0.2) is 0 Å². The van der Waals surface area contributed by atoms with Crippen LogP contribution in [0.2, 0.25) is 0 Å². The Morgan fingerprint density at radius 1 is 0.917 bits per heavy atom. The van der Waals surface area contributed by atoms with E-state index in [4.69, 9.17) is 0 Å². The van der Waals surface area contributed by atoms with Crippen LogP contribution in [-0.2, 0) is 17.8 Å². The number of carbonyl (C=O) groups is 2. The van der Waals surface area contributed by atoms with Crippen molar-refractivity contribution in [2.24, 2.45) is 0 Å². The third kappa shape index (κ3) is 5.72. The maximum atomic E-state index is 11.9. The first-order chi connectivity index (χ1) is 11.7. The molecule has 4 heteroatoms. The van der Waals surface area contributed by atoms with Crippen LogP contribution in [0.25, 0.3) is 0 Å². The Labute approximate surface area is 142 Å². The van der Waals surface area contributed by atoms with Crippen molar-refractivity contribution in [2.45, 2.75) is 19.4 Å². The van der Waals surface area contributed by atoms with E-state index < -0.39 is 0 Å². The second kappa shape index (κ2) is 9.30. The molecule has 2 aromatic rings. The lowest BCUT2D eigenvalue weighted by Crippen LogP contribution is -2.24. The second-order valence-electron chi connectivity index (χ2n) is 5.46. The number of hydrogen-bond acceptors (Lipinski definition) is 2. The third-order valence-corrected chi connectivity index (χ3v) is 3.60. The van der Waals surface area contributed by atoms with E-state index in [0.29, 0.717) is 25.1 Å². The summed E-state index contributed by atoms with van der Waals surface area (Å²) in [6, 6.07) is 17.1. The molecule has 0 saturated carbocycles. The Kier molecular flexibility index (Phi) is 6.77. The quantitative estimate of drug-likeness (QED) is 0.734. The van der Waals surface area contributed by atoms with Gasteiger partial charge in [-0.3, -0.25) is 9.59 Å². The summed E-state index contributed by atoms with van der Waals surface area (Å²) in [5.74, 6) is -0.111. The molecule has 24 heavy (non-hydrogen) atoms. The molecule has 0 bridgehead atoms. The lowest BCUT2D eigenvalue weighted by Gasteiger charge is -2.07. The van der Waals surface area contributed by atoms with Crippen LogP contribution in [0.5, 0.6) is 0 Å². The molecule has 0 heterocycles. The lowest BCUT2D eigenvalue weighted by molar-refractivity contribution is -0.121. The molecule has 0 aliphatic rings. The molecule has 0 aliphatic heterocycles. The number of rotatable bonds is 8. The molecule has 0 spiro atoms. The van der Waals surface area contributed by atoms with Crippen LogP contribution in [0.15, 0.2) is 67.3 Å². The van der Waals surface area contributed by atoms with Crippen molar-refractivity contribution in [2.75, 3.05) is 6.54 Å². The molecule has 0 aromatic heterocycles. The molecular formula is C20H22N2O2. The minimum Gasteiger partial charge on any atom is -0.352 e. The molecule has 2 N–H and O–H groups in total. The van der Waals surface area contributed by atoms with E-state index in [-0.39, 0.29) is 11.8 Å². The van der Waals surface area contributed by atoms with E-state index in [9.17, 15) is 9.59 Å². The van der Waals surface area contributed by atoms with Crippen molar-refractivity contribution in [3.05, 3.63) is 83.9 Å². The second-order valence-corrected chi connectivity index (χ2v) is 5.46. The lowest BCUT2D eigenvalue weighted by atomic mass is 10.1. The topological polar surface area (TPSA) is 58.2 Å². The highest BCUT2D eigenvalue weighted by Crippen LogP contribution is 2.05. The van der Waals surface area contributed by atoms with Crippen LogP contribution in [0.4, 0.5) is 0 Å². The number of benzene rings is 2. The first-order valence-electron chi connectivity index (χ1n) is 7.97. The Morgan fingerprint density at radius 2 is 1.62 bits per heavy atom. The molecule has 2 rings (SSSR count). The van der Waals surface area contributed by atoms with Crippen LogP contribution < -0.4 is 10.6 Å². The fourth-order valence-electron chi connectivity index (χ4n) is 2.23. The molecule has 0 fully saturated rings. The van der Waals surface area contributed by atoms with E-state index in [1.54, 1.807) is 18.2 Å². The number of aryl methyl sites for hydroxylation is 1. The average Bonchev–Trinajstić information content (AvgIpc) is 2.64. The molecule has 0 radical (unpaired) electrons. The van der Waals surface area contributed by atoms with E-state index in [2.05, 4.69) is 17.2 Å². The predicted molar refractivity (Wildman–Crippen MR) is 95.6 cm³/mol. The highest BCUT2D eigenvalue weighted by atomic mass is 16.2. The van der Waals surface area contributed by atoms with Crippen molar-refractivity contribution in [3.8, 4) is 0 Å². The third-order valence-electron chi connectivity index (χ3n) is 3.60. The van der Waals surface area contributed by atoms with Gasteiger partial charge in [0.05, 0.1) is 0 Å². The number of carbonyl (C=O) groups excluding carboxylic acids is 2. The summed E-state index contributed by atoms with van der Waals surface area (Å²) in [4.78, 5) is 23.7. The maximum absolute atomic E-state index is 11.9. The number of hydrogen-bond donors (Lipinski definition) is 2. The normalized spacial score (nSPS) is 10.0. The SMILES string of the molecule is C=CCNC(=O)c1ccc(CNC(=O)CCc2ccccc2)cc1. The molecule has 124 valence electrons. The highest BCUT2D eigenvalue weighted by molar-refractivity contribution is 5.94. The first kappa shape index (κ1) is 17.5. The molecule has 0 atom stereocenters. The first-order valence-corrected chi connectivity index (χ1v) is 7.97. The van der Waals surface area contributed by atoms with Gasteiger partial charge in [-0.1, -0.05) is 48.5 Å². The largest absolute Gasteiger partial charge is 0.352 e. The summed E-state index contributed by atoms with van der Waals surface area (Å²) in [6.07, 6.45) is 2.83. The van der Waals surface area contributed by atoms with Gasteiger partial charge in [-0.2, -0.15) is 0 Å². The summed E-state index contributed by atoms with van der Waals surface area (Å²) in [6.45, 7) is 4.46. The van der Waals surface area contributed by atoms with Gasteiger partial charge in [0, 0.05) is 25.1 Å². The molecular weight excluding hydrogens is 300 g/mol. The monoisotopic (exact) mass is 322 g/mol. The van der Waals surface area contributed by atoms with Crippen molar-refractivity contribution in [1.82, 2.24) is 10.6 Å². The summed E-state index contributed by atoms with van der Waals surface area (Å²) >= 11 is 0. The highest BCUT2D eigenvalue weighted by Gasteiger charge is 2.05. The Bertz CT molecular complexity index is 679. The van der Waals surface area contributed by atoms with Crippen LogP contribution in [0.1, 0.15) is 27.9 Å². The molecule has 0 unspecified atom stereocenters. The molecule has 0 aliphatic carbocycles. The van der Waals surface area contributed by atoms with Crippen LogP contribution in [0.3, 0.4) is 0 Å². The predicted octanol–water partition coefficient (Wildman–Crippen LogP) is 2.85. The van der Waals surface area contributed by atoms with Gasteiger partial charge in [-0.05, 0) is 29.7 Å². The zero-order chi connectivity index (χ0) is 17.2. The van der Waals surface area contributed by atoms with Crippen molar-refractivity contribution in [3.63, 3.8) is 0 Å². The Balaban J connectivity index is 1.76. The minimum absolute atomic E-state index is 0.0201. The van der Waals surface area contributed by atoms with Gasteiger partial charge in [0.15, 0.2) is 0 Å². The van der Waals surface area contributed by atoms with Crippen LogP contribution >= 0.6 is 0 Å². The molecule has 0 saturated heterocycles. The van der Waals surface area contributed by atoms with Gasteiger partial charge in [0.25, 0.3) is 5.91 Å². The minimum atomic E-state index is -0.131. The zero-order valence-electron chi connectivity index (χ0n) is 13.6. The summed E-state index contributed by atoms with van der Waals surface area (Å²) in [5, 5.41) is 5.62. The smallest absolute Gasteiger partial charge is 0.251 e. The van der Waals surface area contributed by atoms with Gasteiger partial charge in [0.2, 0.25) is 5.91 Å². The summed E-state index contributed by atoms with van der Waals surface area (Å²) in [5.41, 5.74) is 2.71. The van der Waals surface area contributed by atoms with Crippen molar-refractivity contribution >= 4 is 11.8 Å². The van der Waals surface area contributed by atoms with Crippen molar-refractivity contribution < 1.29 is 9.59 Å². The van der Waals surface area contributed by atoms with Crippen molar-refractivity contribution in [1.29, 1.82) is 0 Å². The Hall–Kier alpha value is -2.88. The van der Waals surface area contributed by atoms with Gasteiger partial charge in [0.1, 0.15) is 0 Å². The summed E-state index contributed by atoms with van der Waals surface area (Å²) in [7, 11) is 0. The van der Waals surface area contributed by atoms with Gasteiger partial charge < -0.3 is 10.6 Å². The molecule has 2 amide bonds. The molecule has 4 nitrogen and oxygen atoms in total. The fourth-order valence-corrected chi connectivity index (χ4v) is 2.23. The van der Waals surface area contributed by atoms with Gasteiger partial charge >= 0.3 is 0 Å². The van der Waals surface area contributed by atoms with E-state index in [1.807, 2.05) is 42.5 Å². The van der Waals surface area contributed by atoms with E-state index in [1.165, 1.54) is 0 Å².